The molecule has 2 heterocycles. The van der Waals surface area contributed by atoms with Gasteiger partial charge in [-0.2, -0.15) is 0 Å². The predicted molar refractivity (Wildman–Crippen MR) is 77.5 cm³/mol. The first-order valence-corrected chi connectivity index (χ1v) is 7.09. The maximum Gasteiger partial charge on any atom is 0.227 e. The van der Waals surface area contributed by atoms with Crippen molar-refractivity contribution in [1.29, 1.82) is 0 Å². The van der Waals surface area contributed by atoms with Crippen LogP contribution in [0.4, 0.5) is 0 Å². The van der Waals surface area contributed by atoms with Crippen molar-refractivity contribution >= 4 is 5.91 Å². The summed E-state index contributed by atoms with van der Waals surface area (Å²) in [7, 11) is 0. The number of carbonyl (C=O) groups is 1. The van der Waals surface area contributed by atoms with Crippen LogP contribution in [0.2, 0.25) is 0 Å². The number of nitrogens with zero attached hydrogens (tertiary/aromatic N) is 1. The molecular formula is C17H19NO2. The van der Waals surface area contributed by atoms with Crippen molar-refractivity contribution in [3.8, 4) is 0 Å². The van der Waals surface area contributed by atoms with Crippen LogP contribution in [0.5, 0.6) is 0 Å². The number of hydrogen-bond acceptors (Lipinski definition) is 2. The van der Waals surface area contributed by atoms with Gasteiger partial charge in [0.15, 0.2) is 0 Å². The molecule has 0 radical (unpaired) electrons. The van der Waals surface area contributed by atoms with E-state index < -0.39 is 0 Å². The highest BCUT2D eigenvalue weighted by Gasteiger charge is 2.28. The monoisotopic (exact) mass is 269 g/mol. The van der Waals surface area contributed by atoms with Gasteiger partial charge in [-0.15, -0.1) is 0 Å². The number of rotatable bonds is 3. The minimum atomic E-state index is 0.216. The lowest BCUT2D eigenvalue weighted by molar-refractivity contribution is -0.129. The Labute approximate surface area is 119 Å². The number of furan rings is 1. The maximum absolute atomic E-state index is 12.4. The number of amides is 1. The third-order valence-electron chi connectivity index (χ3n) is 4.09. The second kappa shape index (κ2) is 5.53. The Bertz CT molecular complexity index is 589. The SMILES string of the molecule is Cc1ccccc1CC(=O)N1CCC(c2ccco2)C1. The summed E-state index contributed by atoms with van der Waals surface area (Å²) in [6.45, 7) is 3.66. The second-order valence-corrected chi connectivity index (χ2v) is 5.44. The second-order valence-electron chi connectivity index (χ2n) is 5.44. The molecule has 0 N–H and O–H groups in total. The Kier molecular flexibility index (Phi) is 3.59. The average molecular weight is 269 g/mol. The van der Waals surface area contributed by atoms with E-state index in [1.807, 2.05) is 35.2 Å². The molecule has 3 nitrogen and oxygen atoms in total. The molecule has 0 aliphatic carbocycles. The van der Waals surface area contributed by atoms with Gasteiger partial charge in [-0.05, 0) is 36.6 Å². The van der Waals surface area contributed by atoms with Crippen molar-refractivity contribution in [3.05, 3.63) is 59.5 Å². The van der Waals surface area contributed by atoms with Gasteiger partial charge < -0.3 is 9.32 Å². The summed E-state index contributed by atoms with van der Waals surface area (Å²) in [5.41, 5.74) is 2.31. The minimum absolute atomic E-state index is 0.216. The zero-order valence-corrected chi connectivity index (χ0v) is 11.7. The zero-order chi connectivity index (χ0) is 13.9. The summed E-state index contributed by atoms with van der Waals surface area (Å²) >= 11 is 0. The van der Waals surface area contributed by atoms with Gasteiger partial charge >= 0.3 is 0 Å². The fourth-order valence-corrected chi connectivity index (χ4v) is 2.83. The fraction of sp³-hybridized carbons (Fsp3) is 0.353. The third kappa shape index (κ3) is 2.62. The van der Waals surface area contributed by atoms with Crippen LogP contribution in [0, 0.1) is 6.92 Å². The van der Waals surface area contributed by atoms with E-state index in [1.165, 1.54) is 5.56 Å². The van der Waals surface area contributed by atoms with Gasteiger partial charge in [-0.25, -0.2) is 0 Å². The molecule has 0 saturated carbocycles. The average Bonchev–Trinajstić information content (AvgIpc) is 3.11. The zero-order valence-electron chi connectivity index (χ0n) is 11.7. The van der Waals surface area contributed by atoms with Gasteiger partial charge in [-0.1, -0.05) is 24.3 Å². The number of likely N-dealkylation sites (tertiary alicyclic amines) is 1. The highest BCUT2D eigenvalue weighted by atomic mass is 16.3. The third-order valence-corrected chi connectivity index (χ3v) is 4.09. The van der Waals surface area contributed by atoms with Crippen molar-refractivity contribution in [2.75, 3.05) is 13.1 Å². The standard InChI is InChI=1S/C17H19NO2/c1-13-5-2-3-6-14(13)11-17(19)18-9-8-15(12-18)16-7-4-10-20-16/h2-7,10,15H,8-9,11-12H2,1H3. The molecule has 3 heteroatoms. The summed E-state index contributed by atoms with van der Waals surface area (Å²) in [4.78, 5) is 14.3. The topological polar surface area (TPSA) is 33.5 Å². The molecule has 1 aliphatic rings. The van der Waals surface area contributed by atoms with E-state index >= 15 is 0 Å². The predicted octanol–water partition coefficient (Wildman–Crippen LogP) is 3.15. The lowest BCUT2D eigenvalue weighted by atomic mass is 10.1. The Hall–Kier alpha value is -2.03. The van der Waals surface area contributed by atoms with Crippen molar-refractivity contribution in [2.45, 2.75) is 25.7 Å². The Balaban J connectivity index is 1.63. The lowest BCUT2D eigenvalue weighted by Crippen LogP contribution is -2.30. The molecule has 0 bridgehead atoms. The van der Waals surface area contributed by atoms with E-state index in [0.717, 1.165) is 30.8 Å². The first-order valence-electron chi connectivity index (χ1n) is 7.09. The molecular weight excluding hydrogens is 250 g/mol. The molecule has 3 rings (SSSR count). The van der Waals surface area contributed by atoms with Crippen molar-refractivity contribution in [1.82, 2.24) is 4.90 Å². The molecule has 1 fully saturated rings. The van der Waals surface area contributed by atoms with Crippen LogP contribution in [0.15, 0.2) is 47.1 Å². The van der Waals surface area contributed by atoms with Gasteiger partial charge in [0.25, 0.3) is 0 Å². The van der Waals surface area contributed by atoms with Crippen LogP contribution in [0.1, 0.15) is 29.2 Å². The number of aryl methyl sites for hydroxylation is 1. The summed E-state index contributed by atoms with van der Waals surface area (Å²) < 4.78 is 5.44. The van der Waals surface area contributed by atoms with Crippen LogP contribution in [0.3, 0.4) is 0 Å². The molecule has 0 spiro atoms. The molecule has 20 heavy (non-hydrogen) atoms. The highest BCUT2D eigenvalue weighted by molar-refractivity contribution is 5.79. The smallest absolute Gasteiger partial charge is 0.227 e. The molecule has 1 amide bonds. The Morgan fingerprint density at radius 3 is 2.90 bits per heavy atom. The lowest BCUT2D eigenvalue weighted by Gasteiger charge is -2.16. The molecule has 1 aromatic carbocycles. The summed E-state index contributed by atoms with van der Waals surface area (Å²) in [5.74, 6) is 1.57. The number of carbonyl (C=O) groups excluding carboxylic acids is 1. The summed E-state index contributed by atoms with van der Waals surface area (Å²) in [6.07, 6.45) is 3.19. The van der Waals surface area contributed by atoms with Gasteiger partial charge in [0.1, 0.15) is 5.76 Å². The van der Waals surface area contributed by atoms with E-state index in [1.54, 1.807) is 6.26 Å². The van der Waals surface area contributed by atoms with Gasteiger partial charge in [0, 0.05) is 19.0 Å². The minimum Gasteiger partial charge on any atom is -0.469 e. The first kappa shape index (κ1) is 13.0. The molecule has 1 aromatic heterocycles. The largest absolute Gasteiger partial charge is 0.469 e. The first-order chi connectivity index (χ1) is 9.74. The van der Waals surface area contributed by atoms with Crippen molar-refractivity contribution < 1.29 is 9.21 Å². The quantitative estimate of drug-likeness (QED) is 0.857. The molecule has 1 saturated heterocycles. The molecule has 1 aliphatic heterocycles. The Morgan fingerprint density at radius 1 is 1.30 bits per heavy atom. The van der Waals surface area contributed by atoms with E-state index in [9.17, 15) is 4.79 Å². The summed E-state index contributed by atoms with van der Waals surface area (Å²) in [6, 6.07) is 12.0. The van der Waals surface area contributed by atoms with Crippen LogP contribution >= 0.6 is 0 Å². The van der Waals surface area contributed by atoms with Gasteiger partial charge in [-0.3, -0.25) is 4.79 Å². The summed E-state index contributed by atoms with van der Waals surface area (Å²) in [5, 5.41) is 0. The highest BCUT2D eigenvalue weighted by Crippen LogP contribution is 2.27. The number of benzene rings is 1. The molecule has 1 unspecified atom stereocenters. The van der Waals surface area contributed by atoms with E-state index in [-0.39, 0.29) is 5.91 Å². The molecule has 104 valence electrons. The van der Waals surface area contributed by atoms with Crippen LogP contribution in [-0.2, 0) is 11.2 Å². The van der Waals surface area contributed by atoms with E-state index in [2.05, 4.69) is 13.0 Å². The van der Waals surface area contributed by atoms with Crippen LogP contribution < -0.4 is 0 Å². The van der Waals surface area contributed by atoms with Crippen molar-refractivity contribution in [3.63, 3.8) is 0 Å². The van der Waals surface area contributed by atoms with Gasteiger partial charge in [0.05, 0.1) is 12.7 Å². The molecule has 1 atom stereocenters. The van der Waals surface area contributed by atoms with Crippen molar-refractivity contribution in [2.24, 2.45) is 0 Å². The van der Waals surface area contributed by atoms with Gasteiger partial charge in [0.2, 0.25) is 5.91 Å². The van der Waals surface area contributed by atoms with Crippen LogP contribution in [0.25, 0.3) is 0 Å². The number of hydrogen-bond donors (Lipinski definition) is 0. The van der Waals surface area contributed by atoms with E-state index in [4.69, 9.17) is 4.42 Å². The van der Waals surface area contributed by atoms with E-state index in [0.29, 0.717) is 12.3 Å². The molecule has 2 aromatic rings. The van der Waals surface area contributed by atoms with Crippen LogP contribution in [-0.4, -0.2) is 23.9 Å². The maximum atomic E-state index is 12.4. The Morgan fingerprint density at radius 2 is 2.15 bits per heavy atom. The normalized spacial score (nSPS) is 18.4. The fourth-order valence-electron chi connectivity index (χ4n) is 2.83.